The van der Waals surface area contributed by atoms with Crippen molar-refractivity contribution in [2.24, 2.45) is 0 Å². The maximum Gasteiger partial charge on any atom is 0.149 e. The lowest BCUT2D eigenvalue weighted by atomic mass is 10.1. The fourth-order valence-corrected chi connectivity index (χ4v) is 1.79. The van der Waals surface area contributed by atoms with E-state index in [0.717, 1.165) is 14.5 Å². The first-order valence-corrected chi connectivity index (χ1v) is 4.96. The molecule has 0 saturated carbocycles. The van der Waals surface area contributed by atoms with Crippen molar-refractivity contribution in [3.8, 4) is 0 Å². The Bertz CT molecular complexity index is 462. The van der Waals surface area contributed by atoms with Crippen LogP contribution in [-0.4, -0.2) is 4.98 Å². The van der Waals surface area contributed by atoms with Gasteiger partial charge in [0.25, 0.3) is 0 Å². The summed E-state index contributed by atoms with van der Waals surface area (Å²) >= 11 is 2.17. The van der Waals surface area contributed by atoms with Crippen molar-refractivity contribution in [2.75, 3.05) is 0 Å². The highest BCUT2D eigenvalue weighted by Gasteiger charge is 2.02. The number of hydrogen-bond acceptors (Lipinski definition) is 1. The number of hydrogen-bond donors (Lipinski definition) is 0. The zero-order valence-corrected chi connectivity index (χ0v) is 9.17. The fraction of sp³-hybridized carbons (Fsp3) is 0.100. The third-order valence-corrected chi connectivity index (χ3v) is 2.44. The lowest BCUT2D eigenvalue weighted by Crippen LogP contribution is -1.87. The van der Waals surface area contributed by atoms with E-state index < -0.39 is 0 Å². The van der Waals surface area contributed by atoms with Gasteiger partial charge in [0.2, 0.25) is 0 Å². The van der Waals surface area contributed by atoms with E-state index in [4.69, 9.17) is 0 Å². The van der Waals surface area contributed by atoms with Crippen LogP contribution in [-0.2, 0) is 0 Å². The minimum Gasteiger partial charge on any atom is -0.252 e. The van der Waals surface area contributed by atoms with Crippen molar-refractivity contribution >= 4 is 33.5 Å². The van der Waals surface area contributed by atoms with Gasteiger partial charge in [-0.1, -0.05) is 0 Å². The summed E-state index contributed by atoms with van der Waals surface area (Å²) in [5.41, 5.74) is 1.37. The van der Waals surface area contributed by atoms with Gasteiger partial charge in [-0.3, -0.25) is 4.98 Å². The maximum absolute atomic E-state index is 13.3. The van der Waals surface area contributed by atoms with Gasteiger partial charge in [0.1, 0.15) is 11.3 Å². The Hall–Kier alpha value is -0.710. The summed E-state index contributed by atoms with van der Waals surface area (Å²) in [6, 6.07) is 5.37. The Morgan fingerprint density at radius 1 is 1.31 bits per heavy atom. The second-order valence-electron chi connectivity index (χ2n) is 2.97. The van der Waals surface area contributed by atoms with E-state index in [0.29, 0.717) is 5.52 Å². The largest absolute Gasteiger partial charge is 0.252 e. The molecule has 3 heteroatoms. The van der Waals surface area contributed by atoms with Gasteiger partial charge in [-0.25, -0.2) is 4.39 Å². The average Bonchev–Trinajstić information content (AvgIpc) is 2.02. The lowest BCUT2D eigenvalue weighted by molar-refractivity contribution is 0.635. The predicted molar refractivity (Wildman–Crippen MR) is 59.2 cm³/mol. The van der Waals surface area contributed by atoms with Gasteiger partial charge in [-0.05, 0) is 53.3 Å². The van der Waals surface area contributed by atoms with Crippen LogP contribution >= 0.6 is 22.6 Å². The summed E-state index contributed by atoms with van der Waals surface area (Å²) in [6.45, 7) is 1.88. The molecule has 0 radical (unpaired) electrons. The Morgan fingerprint density at radius 2 is 2.08 bits per heavy atom. The van der Waals surface area contributed by atoms with Crippen LogP contribution in [0.25, 0.3) is 10.9 Å². The van der Waals surface area contributed by atoms with Crippen LogP contribution in [0.2, 0.25) is 0 Å². The molecule has 0 amide bonds. The SMILES string of the molecule is Cc1cc(F)c2ncc(I)cc2c1. The third kappa shape index (κ3) is 1.65. The molecule has 1 aromatic carbocycles. The number of benzene rings is 1. The Balaban J connectivity index is 2.86. The summed E-state index contributed by atoms with van der Waals surface area (Å²) in [5.74, 6) is -0.244. The first-order valence-electron chi connectivity index (χ1n) is 3.88. The summed E-state index contributed by atoms with van der Waals surface area (Å²) < 4.78 is 14.3. The third-order valence-electron chi connectivity index (χ3n) is 1.85. The van der Waals surface area contributed by atoms with E-state index in [1.165, 1.54) is 6.07 Å². The van der Waals surface area contributed by atoms with Crippen molar-refractivity contribution in [3.05, 3.63) is 39.3 Å². The highest BCUT2D eigenvalue weighted by Crippen LogP contribution is 2.19. The van der Waals surface area contributed by atoms with Crippen molar-refractivity contribution in [1.29, 1.82) is 0 Å². The number of fused-ring (bicyclic) bond motifs is 1. The van der Waals surface area contributed by atoms with E-state index in [-0.39, 0.29) is 5.82 Å². The first-order chi connectivity index (χ1) is 6.16. The van der Waals surface area contributed by atoms with Crippen LogP contribution in [0.3, 0.4) is 0 Å². The molecule has 66 valence electrons. The highest BCUT2D eigenvalue weighted by atomic mass is 127. The number of aromatic nitrogens is 1. The quantitative estimate of drug-likeness (QED) is 0.678. The minimum absolute atomic E-state index is 0.244. The standard InChI is InChI=1S/C10H7FIN/c1-6-2-7-4-8(12)5-13-10(7)9(11)3-6/h2-5H,1H3. The van der Waals surface area contributed by atoms with Crippen molar-refractivity contribution < 1.29 is 4.39 Å². The molecule has 0 spiro atoms. The lowest BCUT2D eigenvalue weighted by Gasteiger charge is -2.00. The van der Waals surface area contributed by atoms with E-state index in [2.05, 4.69) is 27.6 Å². The molecule has 1 nitrogen and oxygen atoms in total. The molecule has 1 heterocycles. The Kier molecular flexibility index (Phi) is 2.19. The van der Waals surface area contributed by atoms with Gasteiger partial charge >= 0.3 is 0 Å². The summed E-state index contributed by atoms with van der Waals surface area (Å²) in [6.07, 6.45) is 1.67. The molecule has 0 fully saturated rings. The van der Waals surface area contributed by atoms with E-state index in [9.17, 15) is 4.39 Å². The average molecular weight is 287 g/mol. The van der Waals surface area contributed by atoms with Gasteiger partial charge in [0.15, 0.2) is 0 Å². The van der Waals surface area contributed by atoms with Gasteiger partial charge in [-0.2, -0.15) is 0 Å². The summed E-state index contributed by atoms with van der Waals surface area (Å²) in [4.78, 5) is 4.04. The molecule has 0 saturated heterocycles. The molecule has 0 atom stereocenters. The number of halogens is 2. The Morgan fingerprint density at radius 3 is 2.85 bits per heavy atom. The smallest absolute Gasteiger partial charge is 0.149 e. The van der Waals surface area contributed by atoms with Crippen LogP contribution in [0.4, 0.5) is 4.39 Å². The van der Waals surface area contributed by atoms with Crippen LogP contribution in [0.5, 0.6) is 0 Å². The zero-order chi connectivity index (χ0) is 9.42. The van der Waals surface area contributed by atoms with Crippen molar-refractivity contribution in [1.82, 2.24) is 4.98 Å². The van der Waals surface area contributed by atoms with Crippen molar-refractivity contribution in [3.63, 3.8) is 0 Å². The number of nitrogens with zero attached hydrogens (tertiary/aromatic N) is 1. The predicted octanol–water partition coefficient (Wildman–Crippen LogP) is 3.29. The van der Waals surface area contributed by atoms with Gasteiger partial charge in [0.05, 0.1) is 0 Å². The molecule has 0 aliphatic rings. The molecule has 2 aromatic rings. The second-order valence-corrected chi connectivity index (χ2v) is 4.22. The van der Waals surface area contributed by atoms with Crippen LogP contribution in [0, 0.1) is 16.3 Å². The molecule has 0 aliphatic carbocycles. The van der Waals surface area contributed by atoms with Crippen LogP contribution in [0.1, 0.15) is 5.56 Å². The molecule has 2 rings (SSSR count). The zero-order valence-electron chi connectivity index (χ0n) is 7.01. The van der Waals surface area contributed by atoms with E-state index in [1.807, 2.05) is 19.1 Å². The summed E-state index contributed by atoms with van der Waals surface area (Å²) in [7, 11) is 0. The first kappa shape index (κ1) is 8.87. The molecular formula is C10H7FIN. The molecule has 0 N–H and O–H groups in total. The maximum atomic E-state index is 13.3. The van der Waals surface area contributed by atoms with Crippen LogP contribution < -0.4 is 0 Å². The normalized spacial score (nSPS) is 10.7. The highest BCUT2D eigenvalue weighted by molar-refractivity contribution is 14.1. The number of pyridine rings is 1. The molecular weight excluding hydrogens is 280 g/mol. The number of rotatable bonds is 0. The molecule has 0 bridgehead atoms. The molecule has 0 unspecified atom stereocenters. The van der Waals surface area contributed by atoms with Gasteiger partial charge < -0.3 is 0 Å². The molecule has 13 heavy (non-hydrogen) atoms. The summed E-state index contributed by atoms with van der Waals surface area (Å²) in [5, 5.41) is 0.865. The molecule has 1 aromatic heterocycles. The molecule has 0 aliphatic heterocycles. The topological polar surface area (TPSA) is 12.9 Å². The van der Waals surface area contributed by atoms with Gasteiger partial charge in [-0.15, -0.1) is 0 Å². The Labute approximate surface area is 89.1 Å². The van der Waals surface area contributed by atoms with Crippen LogP contribution in [0.15, 0.2) is 24.4 Å². The number of aryl methyl sites for hydroxylation is 1. The monoisotopic (exact) mass is 287 g/mol. The second kappa shape index (κ2) is 3.21. The van der Waals surface area contributed by atoms with Gasteiger partial charge in [0, 0.05) is 15.2 Å². The van der Waals surface area contributed by atoms with Crippen molar-refractivity contribution in [2.45, 2.75) is 6.92 Å². The fourth-order valence-electron chi connectivity index (χ4n) is 1.32. The minimum atomic E-state index is -0.244. The van der Waals surface area contributed by atoms with E-state index in [1.54, 1.807) is 6.20 Å². The van der Waals surface area contributed by atoms with E-state index >= 15 is 0 Å².